The van der Waals surface area contributed by atoms with Gasteiger partial charge in [-0.25, -0.2) is 21.5 Å². The van der Waals surface area contributed by atoms with Gasteiger partial charge in [0.1, 0.15) is 10.0 Å². The highest BCUT2D eigenvalue weighted by Crippen LogP contribution is 2.38. The molecule has 1 aromatic heterocycles. The Kier molecular flexibility index (Phi) is 8.13. The maximum Gasteiger partial charge on any atom is 0.266 e. The van der Waals surface area contributed by atoms with Gasteiger partial charge in [-0.05, 0) is 49.6 Å². The number of benzene rings is 2. The quantitative estimate of drug-likeness (QED) is 0.286. The van der Waals surface area contributed by atoms with E-state index in [2.05, 4.69) is 0 Å². The lowest BCUT2D eigenvalue weighted by molar-refractivity contribution is -0.123. The summed E-state index contributed by atoms with van der Waals surface area (Å²) >= 11 is 6.64. The Labute approximate surface area is 255 Å². The molecule has 3 aromatic rings. The van der Waals surface area contributed by atoms with E-state index in [1.807, 2.05) is 36.4 Å². The Morgan fingerprint density at radius 1 is 1.00 bits per heavy atom. The van der Waals surface area contributed by atoms with E-state index in [1.54, 1.807) is 39.5 Å². The largest absolute Gasteiger partial charge is 0.289 e. The summed E-state index contributed by atoms with van der Waals surface area (Å²) in [5, 5.41) is 4.82. The summed E-state index contributed by atoms with van der Waals surface area (Å²) < 4.78 is 54.9. The fourth-order valence-electron chi connectivity index (χ4n) is 5.58. The fourth-order valence-corrected chi connectivity index (χ4v) is 10.2. The van der Waals surface area contributed by atoms with Gasteiger partial charge >= 0.3 is 0 Å². The SMILES string of the molecule is O=C1/C(=C/c2cn(-c3ccccc3)nc2-c2cccc(S(=O)(=O)N3CCCCCC3)c2)SC(=S)N1C1CCS(=O)(=O)C1. The summed E-state index contributed by atoms with van der Waals surface area (Å²) in [6.07, 6.45) is 7.60. The molecule has 1 amide bonds. The highest BCUT2D eigenvalue weighted by molar-refractivity contribution is 8.26. The topological polar surface area (TPSA) is 110 Å². The average molecular weight is 643 g/mol. The van der Waals surface area contributed by atoms with Crippen molar-refractivity contribution < 1.29 is 21.6 Å². The molecule has 3 saturated heterocycles. The van der Waals surface area contributed by atoms with Crippen LogP contribution in [-0.4, -0.2) is 76.7 Å². The number of para-hydroxylation sites is 1. The Balaban J connectivity index is 1.39. The third kappa shape index (κ3) is 5.85. The number of hydrogen-bond acceptors (Lipinski definition) is 8. The Bertz CT molecular complexity index is 1780. The summed E-state index contributed by atoms with van der Waals surface area (Å²) in [5.74, 6) is -0.385. The number of aromatic nitrogens is 2. The van der Waals surface area contributed by atoms with Gasteiger partial charge in [-0.3, -0.25) is 9.69 Å². The number of thioether (sulfide) groups is 1. The number of amides is 1. The number of carbonyl (C=O) groups is 1. The van der Waals surface area contributed by atoms with Crippen molar-refractivity contribution >= 4 is 60.1 Å². The standard InChI is InChI=1S/C29H30N4O5S4/c34-28-26(40-29(39)33(28)24-13-16-41(35,36)20-24)18-22-19-32(23-10-4-3-5-11-23)30-27(22)21-9-8-12-25(17-21)42(37,38)31-14-6-1-2-7-15-31/h3-5,8-12,17-19,24H,1-2,6-7,13-16,20H2/b26-18-. The number of thiocarbonyl (C=S) groups is 1. The molecule has 3 fully saturated rings. The van der Waals surface area contributed by atoms with Gasteiger partial charge in [0.15, 0.2) is 9.84 Å². The zero-order valence-electron chi connectivity index (χ0n) is 22.8. The minimum absolute atomic E-state index is 0.0401. The zero-order chi connectivity index (χ0) is 29.5. The second-order valence-electron chi connectivity index (χ2n) is 10.7. The van der Waals surface area contributed by atoms with Crippen molar-refractivity contribution in [1.82, 2.24) is 19.0 Å². The van der Waals surface area contributed by atoms with Crippen molar-refractivity contribution in [3.8, 4) is 16.9 Å². The number of nitrogens with zero attached hydrogens (tertiary/aromatic N) is 4. The monoisotopic (exact) mass is 642 g/mol. The molecule has 1 unspecified atom stereocenters. The molecule has 4 heterocycles. The molecule has 9 nitrogen and oxygen atoms in total. The summed E-state index contributed by atoms with van der Waals surface area (Å²) in [4.78, 5) is 15.5. The Morgan fingerprint density at radius 2 is 1.74 bits per heavy atom. The molecular formula is C29H30N4O5S4. The first-order valence-corrected chi connectivity index (χ1v) is 18.3. The van der Waals surface area contributed by atoms with Crippen molar-refractivity contribution in [2.45, 2.75) is 43.0 Å². The maximum absolute atomic E-state index is 13.6. The van der Waals surface area contributed by atoms with Crippen LogP contribution in [0.15, 0.2) is 70.6 Å². The highest BCUT2D eigenvalue weighted by Gasteiger charge is 2.42. The van der Waals surface area contributed by atoms with E-state index in [0.29, 0.717) is 45.6 Å². The fraction of sp³-hybridized carbons (Fsp3) is 0.345. The second kappa shape index (κ2) is 11.7. The molecule has 3 aliphatic rings. The van der Waals surface area contributed by atoms with Gasteiger partial charge in [0, 0.05) is 30.4 Å². The number of sulfone groups is 1. The predicted octanol–water partition coefficient (Wildman–Crippen LogP) is 4.49. The molecule has 42 heavy (non-hydrogen) atoms. The van der Waals surface area contributed by atoms with E-state index in [-0.39, 0.29) is 22.3 Å². The third-order valence-corrected chi connectivity index (χ3v) is 12.7. The van der Waals surface area contributed by atoms with Crippen molar-refractivity contribution in [2.75, 3.05) is 24.6 Å². The van der Waals surface area contributed by atoms with Crippen LogP contribution in [0.25, 0.3) is 23.0 Å². The van der Waals surface area contributed by atoms with Crippen molar-refractivity contribution in [1.29, 1.82) is 0 Å². The van der Waals surface area contributed by atoms with Crippen LogP contribution in [0, 0.1) is 0 Å². The van der Waals surface area contributed by atoms with Gasteiger partial charge in [-0.1, -0.05) is 67.2 Å². The Hall–Kier alpha value is -2.84. The molecule has 0 bridgehead atoms. The van der Waals surface area contributed by atoms with Crippen LogP contribution in [0.5, 0.6) is 0 Å². The van der Waals surface area contributed by atoms with Crippen LogP contribution in [0.4, 0.5) is 0 Å². The van der Waals surface area contributed by atoms with Crippen LogP contribution in [0.2, 0.25) is 0 Å². The van der Waals surface area contributed by atoms with Crippen LogP contribution in [0.3, 0.4) is 0 Å². The lowest BCUT2D eigenvalue weighted by atomic mass is 10.1. The molecule has 0 saturated carbocycles. The van der Waals surface area contributed by atoms with E-state index in [4.69, 9.17) is 17.3 Å². The van der Waals surface area contributed by atoms with Gasteiger partial charge < -0.3 is 0 Å². The lowest BCUT2D eigenvalue weighted by Crippen LogP contribution is -2.39. The average Bonchev–Trinajstić information content (AvgIpc) is 3.54. The first-order chi connectivity index (χ1) is 20.1. The van der Waals surface area contributed by atoms with Crippen molar-refractivity contribution in [3.63, 3.8) is 0 Å². The van der Waals surface area contributed by atoms with Gasteiger partial charge in [0.05, 0.1) is 33.0 Å². The first kappa shape index (κ1) is 29.2. The van der Waals surface area contributed by atoms with Crippen molar-refractivity contribution in [2.24, 2.45) is 0 Å². The number of rotatable bonds is 6. The molecule has 2 aromatic carbocycles. The van der Waals surface area contributed by atoms with Crippen molar-refractivity contribution in [3.05, 3.63) is 71.3 Å². The van der Waals surface area contributed by atoms with Gasteiger partial charge in [0.25, 0.3) is 5.91 Å². The lowest BCUT2D eigenvalue weighted by Gasteiger charge is -2.20. The van der Waals surface area contributed by atoms with Crippen LogP contribution >= 0.6 is 24.0 Å². The molecule has 0 N–H and O–H groups in total. The number of sulfonamides is 1. The minimum Gasteiger partial charge on any atom is -0.289 e. The molecule has 0 spiro atoms. The molecule has 6 rings (SSSR count). The number of carbonyl (C=O) groups excluding carboxylic acids is 1. The van der Waals surface area contributed by atoms with E-state index in [1.165, 1.54) is 4.90 Å². The summed E-state index contributed by atoms with van der Waals surface area (Å²) in [6, 6.07) is 15.8. The predicted molar refractivity (Wildman–Crippen MR) is 168 cm³/mol. The third-order valence-electron chi connectivity index (χ3n) is 7.76. The summed E-state index contributed by atoms with van der Waals surface area (Å²) in [5.41, 5.74) is 2.53. The Morgan fingerprint density at radius 3 is 2.43 bits per heavy atom. The molecule has 0 aliphatic carbocycles. The van der Waals surface area contributed by atoms with E-state index in [9.17, 15) is 21.6 Å². The smallest absolute Gasteiger partial charge is 0.266 e. The molecule has 1 atom stereocenters. The normalized spacial score (nSPS) is 22.6. The van der Waals surface area contributed by atoms with E-state index in [0.717, 1.165) is 43.1 Å². The molecular weight excluding hydrogens is 613 g/mol. The molecule has 13 heteroatoms. The molecule has 0 radical (unpaired) electrons. The van der Waals surface area contributed by atoms with Gasteiger partial charge in [0.2, 0.25) is 10.0 Å². The van der Waals surface area contributed by atoms with E-state index >= 15 is 0 Å². The van der Waals surface area contributed by atoms with E-state index < -0.39 is 25.9 Å². The minimum atomic E-state index is -3.69. The van der Waals surface area contributed by atoms with Gasteiger partial charge in [-0.2, -0.15) is 9.40 Å². The zero-order valence-corrected chi connectivity index (χ0v) is 26.0. The maximum atomic E-state index is 13.6. The molecule has 3 aliphatic heterocycles. The van der Waals surface area contributed by atoms with Crippen LogP contribution in [0.1, 0.15) is 37.7 Å². The first-order valence-electron chi connectivity index (χ1n) is 13.9. The highest BCUT2D eigenvalue weighted by atomic mass is 32.2. The molecule has 220 valence electrons. The van der Waals surface area contributed by atoms with Crippen LogP contribution in [-0.2, 0) is 24.7 Å². The number of hydrogen-bond donors (Lipinski definition) is 0. The summed E-state index contributed by atoms with van der Waals surface area (Å²) in [7, 11) is -6.89. The second-order valence-corrected chi connectivity index (χ2v) is 16.5. The van der Waals surface area contributed by atoms with Gasteiger partial charge in [-0.15, -0.1) is 0 Å². The van der Waals surface area contributed by atoms with Crippen LogP contribution < -0.4 is 0 Å². The summed E-state index contributed by atoms with van der Waals surface area (Å²) in [6.45, 7) is 1.01.